The number of hydrogen-bond acceptors (Lipinski definition) is 0. The summed E-state index contributed by atoms with van der Waals surface area (Å²) in [4.78, 5) is 0. The third-order valence-corrected chi connectivity index (χ3v) is 5.43. The van der Waals surface area contributed by atoms with Crippen LogP contribution in [0.1, 0.15) is 65.2 Å². The SMILES string of the molecule is CCCCPC(CCC)C1CCCC1. The highest BCUT2D eigenvalue weighted by molar-refractivity contribution is 7.38. The van der Waals surface area contributed by atoms with Gasteiger partial charge in [-0.25, -0.2) is 0 Å². The van der Waals surface area contributed by atoms with Gasteiger partial charge in [0.15, 0.2) is 0 Å². The summed E-state index contributed by atoms with van der Waals surface area (Å²) in [5.74, 6) is 1.12. The molecule has 1 fully saturated rings. The van der Waals surface area contributed by atoms with Gasteiger partial charge in [0.05, 0.1) is 0 Å². The largest absolute Gasteiger partial charge is 0.119 e. The molecular formula is C13H27P. The van der Waals surface area contributed by atoms with Crippen molar-refractivity contribution in [2.24, 2.45) is 5.92 Å². The van der Waals surface area contributed by atoms with Crippen molar-refractivity contribution in [2.75, 3.05) is 6.16 Å². The van der Waals surface area contributed by atoms with Crippen LogP contribution in [0.25, 0.3) is 0 Å². The second-order valence-electron chi connectivity index (χ2n) is 4.75. The van der Waals surface area contributed by atoms with Gasteiger partial charge in [0.2, 0.25) is 0 Å². The first-order chi connectivity index (χ1) is 6.88. The standard InChI is InChI=1S/C13H27P/c1-3-5-11-14-13(8-4-2)12-9-6-7-10-12/h12-14H,3-11H2,1-2H3. The van der Waals surface area contributed by atoms with Crippen molar-refractivity contribution in [1.29, 1.82) is 0 Å². The Morgan fingerprint density at radius 2 is 1.86 bits per heavy atom. The van der Waals surface area contributed by atoms with Crippen LogP contribution in [0.15, 0.2) is 0 Å². The zero-order valence-electron chi connectivity index (χ0n) is 10.0. The zero-order chi connectivity index (χ0) is 10.2. The van der Waals surface area contributed by atoms with E-state index in [1.807, 2.05) is 0 Å². The maximum atomic E-state index is 2.35. The molecule has 1 aliphatic rings. The van der Waals surface area contributed by atoms with Crippen LogP contribution in [-0.4, -0.2) is 11.8 Å². The maximum absolute atomic E-state index is 2.35. The number of rotatable bonds is 7. The minimum Gasteiger partial charge on any atom is -0.119 e. The van der Waals surface area contributed by atoms with Crippen LogP contribution >= 0.6 is 8.58 Å². The van der Waals surface area contributed by atoms with E-state index in [4.69, 9.17) is 0 Å². The Morgan fingerprint density at radius 1 is 1.14 bits per heavy atom. The van der Waals surface area contributed by atoms with Gasteiger partial charge in [-0.3, -0.25) is 0 Å². The predicted molar refractivity (Wildman–Crippen MR) is 68.7 cm³/mol. The lowest BCUT2D eigenvalue weighted by Gasteiger charge is -2.22. The summed E-state index contributed by atoms with van der Waals surface area (Å²) in [5, 5.41) is 0. The van der Waals surface area contributed by atoms with Gasteiger partial charge in [-0.15, -0.1) is 8.58 Å². The van der Waals surface area contributed by atoms with Crippen LogP contribution in [0, 0.1) is 5.92 Å². The fourth-order valence-electron chi connectivity index (χ4n) is 2.64. The smallest absolute Gasteiger partial charge is 0.0208 e. The van der Waals surface area contributed by atoms with E-state index < -0.39 is 0 Å². The molecular weight excluding hydrogens is 187 g/mol. The predicted octanol–water partition coefficient (Wildman–Crippen LogP) is 4.82. The van der Waals surface area contributed by atoms with Gasteiger partial charge < -0.3 is 0 Å². The monoisotopic (exact) mass is 214 g/mol. The van der Waals surface area contributed by atoms with Crippen LogP contribution in [-0.2, 0) is 0 Å². The first-order valence-electron chi connectivity index (χ1n) is 6.61. The molecule has 1 rings (SSSR count). The van der Waals surface area contributed by atoms with E-state index in [2.05, 4.69) is 13.8 Å². The van der Waals surface area contributed by atoms with Crippen molar-refractivity contribution in [1.82, 2.24) is 0 Å². The molecule has 0 bridgehead atoms. The van der Waals surface area contributed by atoms with Crippen molar-refractivity contribution < 1.29 is 0 Å². The zero-order valence-corrected chi connectivity index (χ0v) is 11.0. The summed E-state index contributed by atoms with van der Waals surface area (Å²) in [6.07, 6.45) is 13.4. The molecule has 0 aromatic rings. The Labute approximate surface area is 92.0 Å². The molecule has 2 unspecified atom stereocenters. The summed E-state index contributed by atoms with van der Waals surface area (Å²) >= 11 is 0. The minimum absolute atomic E-state index is 1.11. The van der Waals surface area contributed by atoms with E-state index in [1.165, 1.54) is 53.3 Å². The molecule has 0 radical (unpaired) electrons. The van der Waals surface area contributed by atoms with Gasteiger partial charge >= 0.3 is 0 Å². The summed E-state index contributed by atoms with van der Waals surface area (Å²) in [5.41, 5.74) is 1.11. The first-order valence-corrected chi connectivity index (χ1v) is 7.90. The van der Waals surface area contributed by atoms with Crippen molar-refractivity contribution in [3.05, 3.63) is 0 Å². The maximum Gasteiger partial charge on any atom is -0.0208 e. The van der Waals surface area contributed by atoms with Crippen LogP contribution in [0.2, 0.25) is 0 Å². The highest BCUT2D eigenvalue weighted by Crippen LogP contribution is 2.39. The summed E-state index contributed by atoms with van der Waals surface area (Å²) in [6.45, 7) is 4.67. The quantitative estimate of drug-likeness (QED) is 0.421. The normalized spacial score (nSPS) is 21.0. The molecule has 1 aliphatic carbocycles. The molecule has 2 atom stereocenters. The minimum atomic E-state index is 1.11. The topological polar surface area (TPSA) is 0 Å². The van der Waals surface area contributed by atoms with Crippen LogP contribution < -0.4 is 0 Å². The molecule has 84 valence electrons. The van der Waals surface area contributed by atoms with E-state index in [1.54, 1.807) is 12.8 Å². The molecule has 0 N–H and O–H groups in total. The van der Waals surface area contributed by atoms with E-state index in [0.717, 1.165) is 11.6 Å². The Morgan fingerprint density at radius 3 is 2.43 bits per heavy atom. The van der Waals surface area contributed by atoms with Crippen LogP contribution in [0.3, 0.4) is 0 Å². The van der Waals surface area contributed by atoms with Crippen molar-refractivity contribution >= 4 is 8.58 Å². The second-order valence-corrected chi connectivity index (χ2v) is 6.40. The fourth-order valence-corrected chi connectivity index (χ4v) is 4.73. The lowest BCUT2D eigenvalue weighted by molar-refractivity contribution is 0.491. The average Bonchev–Trinajstić information content (AvgIpc) is 2.70. The molecule has 0 amide bonds. The lowest BCUT2D eigenvalue weighted by Crippen LogP contribution is -2.13. The van der Waals surface area contributed by atoms with E-state index in [9.17, 15) is 0 Å². The van der Waals surface area contributed by atoms with Crippen molar-refractivity contribution in [3.8, 4) is 0 Å². The number of unbranched alkanes of at least 4 members (excludes halogenated alkanes) is 1. The van der Waals surface area contributed by atoms with E-state index >= 15 is 0 Å². The first kappa shape index (κ1) is 12.5. The van der Waals surface area contributed by atoms with Gasteiger partial charge in [0.1, 0.15) is 0 Å². The van der Waals surface area contributed by atoms with E-state index in [0.29, 0.717) is 0 Å². The third kappa shape index (κ3) is 4.30. The fraction of sp³-hybridized carbons (Fsp3) is 1.00. The molecule has 0 spiro atoms. The molecule has 1 saturated carbocycles. The second kappa shape index (κ2) is 7.69. The van der Waals surface area contributed by atoms with Crippen molar-refractivity contribution in [2.45, 2.75) is 70.9 Å². The van der Waals surface area contributed by atoms with Crippen LogP contribution in [0.4, 0.5) is 0 Å². The lowest BCUT2D eigenvalue weighted by atomic mass is 10.0. The molecule has 0 aliphatic heterocycles. The van der Waals surface area contributed by atoms with Gasteiger partial charge in [0.25, 0.3) is 0 Å². The number of hydrogen-bond donors (Lipinski definition) is 0. The third-order valence-electron chi connectivity index (χ3n) is 3.51. The Bertz CT molecular complexity index is 127. The van der Waals surface area contributed by atoms with Crippen LogP contribution in [0.5, 0.6) is 0 Å². The molecule has 1 heteroatoms. The molecule has 0 aromatic carbocycles. The van der Waals surface area contributed by atoms with Gasteiger partial charge in [-0.1, -0.05) is 39.5 Å². The highest BCUT2D eigenvalue weighted by Gasteiger charge is 2.23. The summed E-state index contributed by atoms with van der Waals surface area (Å²) < 4.78 is 0. The van der Waals surface area contributed by atoms with Gasteiger partial charge in [-0.2, -0.15) is 0 Å². The average molecular weight is 214 g/mol. The van der Waals surface area contributed by atoms with Crippen molar-refractivity contribution in [3.63, 3.8) is 0 Å². The van der Waals surface area contributed by atoms with Gasteiger partial charge in [-0.05, 0) is 43.4 Å². The Balaban J connectivity index is 2.22. The highest BCUT2D eigenvalue weighted by atomic mass is 31.1. The molecule has 0 saturated heterocycles. The molecule has 0 heterocycles. The molecule has 0 aromatic heterocycles. The Kier molecular flexibility index (Phi) is 6.86. The molecule has 0 nitrogen and oxygen atoms in total. The Hall–Kier alpha value is 0.430. The molecule has 14 heavy (non-hydrogen) atoms. The summed E-state index contributed by atoms with van der Waals surface area (Å²) in [7, 11) is 1.27. The van der Waals surface area contributed by atoms with E-state index in [-0.39, 0.29) is 0 Å². The van der Waals surface area contributed by atoms with Gasteiger partial charge in [0, 0.05) is 0 Å². The summed E-state index contributed by atoms with van der Waals surface area (Å²) in [6, 6.07) is 0.